The summed E-state index contributed by atoms with van der Waals surface area (Å²) in [6.45, 7) is 4.33. The molecule has 0 atom stereocenters. The molecule has 0 saturated heterocycles. The summed E-state index contributed by atoms with van der Waals surface area (Å²) in [7, 11) is 0. The number of benzene rings is 2. The van der Waals surface area contributed by atoms with Gasteiger partial charge in [0.05, 0.1) is 38.7 Å². The van der Waals surface area contributed by atoms with E-state index in [1.54, 1.807) is 12.3 Å². The van der Waals surface area contributed by atoms with Crippen molar-refractivity contribution >= 4 is 34.4 Å². The summed E-state index contributed by atoms with van der Waals surface area (Å²) < 4.78 is 41.2. The minimum Gasteiger partial charge on any atom is -0.360 e. The molecule has 7 nitrogen and oxygen atoms in total. The fourth-order valence-electron chi connectivity index (χ4n) is 5.34. The van der Waals surface area contributed by atoms with Crippen molar-refractivity contribution in [1.82, 2.24) is 24.7 Å². The Balaban J connectivity index is 1.59. The van der Waals surface area contributed by atoms with Crippen molar-refractivity contribution in [3.8, 4) is 16.9 Å². The van der Waals surface area contributed by atoms with Crippen LogP contribution in [-0.2, 0) is 25.4 Å². The second-order valence-corrected chi connectivity index (χ2v) is 9.96. The van der Waals surface area contributed by atoms with Gasteiger partial charge >= 0.3 is 6.18 Å². The monoisotopic (exact) mass is 564 g/mol. The fraction of sp³-hybridized carbons (Fsp3) is 0.241. The molecule has 3 aromatic heterocycles. The third kappa shape index (κ3) is 4.14. The van der Waals surface area contributed by atoms with E-state index in [-0.39, 0.29) is 12.5 Å². The van der Waals surface area contributed by atoms with Gasteiger partial charge in [-0.1, -0.05) is 49.7 Å². The number of nitrogens with one attached hydrogen (secondary N) is 1. The number of aryl methyl sites for hydroxylation is 2. The average molecular weight is 565 g/mol. The van der Waals surface area contributed by atoms with Crippen LogP contribution >= 0.6 is 11.6 Å². The number of hydrogen-bond donors (Lipinski definition) is 1. The van der Waals surface area contributed by atoms with E-state index in [2.05, 4.69) is 40.9 Å². The van der Waals surface area contributed by atoms with Gasteiger partial charge in [0.25, 0.3) is 5.91 Å². The number of aromatic nitrogens is 5. The highest BCUT2D eigenvalue weighted by atomic mass is 35.5. The summed E-state index contributed by atoms with van der Waals surface area (Å²) in [5.74, 6) is -0.513. The molecular formula is C29H24ClF3N6O. The zero-order valence-electron chi connectivity index (χ0n) is 21.7. The van der Waals surface area contributed by atoms with Crippen LogP contribution < -0.4 is 4.90 Å². The van der Waals surface area contributed by atoms with E-state index in [9.17, 15) is 18.0 Å². The molecule has 4 heterocycles. The van der Waals surface area contributed by atoms with Crippen molar-refractivity contribution in [3.63, 3.8) is 0 Å². The van der Waals surface area contributed by atoms with Crippen LogP contribution in [-0.4, -0.2) is 37.2 Å². The smallest absolute Gasteiger partial charge is 0.360 e. The molecule has 0 bridgehead atoms. The van der Waals surface area contributed by atoms with E-state index < -0.39 is 17.6 Å². The number of carbonyl (C=O) groups is 1. The molecule has 1 aliphatic rings. The highest BCUT2D eigenvalue weighted by Crippen LogP contribution is 2.40. The zero-order chi connectivity index (χ0) is 28.2. The molecule has 0 radical (unpaired) electrons. The molecule has 0 unspecified atom stereocenters. The predicted molar refractivity (Wildman–Crippen MR) is 147 cm³/mol. The van der Waals surface area contributed by atoms with Gasteiger partial charge in [-0.25, -0.2) is 14.6 Å². The normalized spacial score (nSPS) is 13.8. The van der Waals surface area contributed by atoms with Gasteiger partial charge in [-0.2, -0.15) is 18.3 Å². The second-order valence-electron chi connectivity index (χ2n) is 9.55. The Hall–Kier alpha value is -4.18. The van der Waals surface area contributed by atoms with Gasteiger partial charge in [-0.05, 0) is 36.1 Å². The van der Waals surface area contributed by atoms with Crippen LogP contribution in [0, 0.1) is 0 Å². The summed E-state index contributed by atoms with van der Waals surface area (Å²) in [6.07, 6.45) is 0.498. The van der Waals surface area contributed by atoms with E-state index in [1.807, 2.05) is 22.9 Å². The minimum atomic E-state index is -4.58. The van der Waals surface area contributed by atoms with Crippen molar-refractivity contribution in [1.29, 1.82) is 0 Å². The van der Waals surface area contributed by atoms with Crippen LogP contribution in [0.1, 0.15) is 46.6 Å². The number of para-hydroxylation sites is 1. The zero-order valence-corrected chi connectivity index (χ0v) is 22.4. The first-order chi connectivity index (χ1) is 19.2. The van der Waals surface area contributed by atoms with Crippen LogP contribution in [0.4, 0.5) is 19.1 Å². The third-order valence-electron chi connectivity index (χ3n) is 7.30. The van der Waals surface area contributed by atoms with E-state index in [1.165, 1.54) is 4.90 Å². The topological polar surface area (TPSA) is 79.7 Å². The number of amides is 1. The molecule has 2 aromatic carbocycles. The Morgan fingerprint density at radius 2 is 1.73 bits per heavy atom. The molecule has 40 heavy (non-hydrogen) atoms. The molecule has 1 N–H and O–H groups in total. The standard InChI is InChI=1S/C29H24ClF3N6O/c1-3-16-6-5-7-17(4-2)25(16)39-26(20-8-9-21(30)24-19(20)10-12-34-24)23-22(37-39)11-13-38(27(23)40)28-35-14-18(15-36-28)29(31,32)33/h5-10,12,14-15,34H,3-4,11,13H2,1-2H3. The lowest BCUT2D eigenvalue weighted by atomic mass is 9.97. The first-order valence-electron chi connectivity index (χ1n) is 12.9. The van der Waals surface area contributed by atoms with Gasteiger partial charge in [-0.3, -0.25) is 9.69 Å². The lowest BCUT2D eigenvalue weighted by Crippen LogP contribution is -2.38. The number of H-pyrrole nitrogens is 1. The Labute approximate surface area is 232 Å². The van der Waals surface area contributed by atoms with Gasteiger partial charge in [0.2, 0.25) is 5.95 Å². The molecule has 6 rings (SSSR count). The molecule has 1 aliphatic heterocycles. The maximum atomic E-state index is 14.1. The van der Waals surface area contributed by atoms with Crippen LogP contribution in [0.2, 0.25) is 5.02 Å². The quantitative estimate of drug-likeness (QED) is 0.254. The summed E-state index contributed by atoms with van der Waals surface area (Å²) in [5, 5.41) is 6.35. The highest BCUT2D eigenvalue weighted by Gasteiger charge is 2.37. The fourth-order valence-corrected chi connectivity index (χ4v) is 5.56. The number of rotatable bonds is 5. The number of aromatic amines is 1. The molecular weight excluding hydrogens is 541 g/mol. The van der Waals surface area contributed by atoms with Crippen LogP contribution in [0.15, 0.2) is 55.0 Å². The first-order valence-corrected chi connectivity index (χ1v) is 13.3. The summed E-state index contributed by atoms with van der Waals surface area (Å²) in [5.41, 5.74) is 5.15. The maximum Gasteiger partial charge on any atom is 0.419 e. The number of fused-ring (bicyclic) bond motifs is 2. The minimum absolute atomic E-state index is 0.0894. The average Bonchev–Trinajstić information content (AvgIpc) is 3.59. The lowest BCUT2D eigenvalue weighted by molar-refractivity contribution is -0.138. The summed E-state index contributed by atoms with van der Waals surface area (Å²) in [6, 6.07) is 11.7. The Morgan fingerprint density at radius 3 is 2.38 bits per heavy atom. The molecule has 0 aliphatic carbocycles. The van der Waals surface area contributed by atoms with Gasteiger partial charge in [0.1, 0.15) is 0 Å². The van der Waals surface area contributed by atoms with Gasteiger partial charge in [-0.15, -0.1) is 0 Å². The lowest BCUT2D eigenvalue weighted by Gasteiger charge is -2.25. The number of anilines is 1. The number of alkyl halides is 3. The summed E-state index contributed by atoms with van der Waals surface area (Å²) in [4.78, 5) is 26.4. The van der Waals surface area contributed by atoms with Crippen LogP contribution in [0.5, 0.6) is 0 Å². The van der Waals surface area contributed by atoms with Crippen molar-refractivity contribution in [2.45, 2.75) is 39.3 Å². The van der Waals surface area contributed by atoms with Crippen molar-refractivity contribution in [3.05, 3.63) is 88.0 Å². The number of halogens is 4. The molecule has 5 aromatic rings. The largest absolute Gasteiger partial charge is 0.419 e. The molecule has 1 amide bonds. The van der Waals surface area contributed by atoms with Crippen molar-refractivity contribution in [2.24, 2.45) is 0 Å². The first kappa shape index (κ1) is 26.1. The maximum absolute atomic E-state index is 14.1. The van der Waals surface area contributed by atoms with E-state index >= 15 is 0 Å². The Morgan fingerprint density at radius 1 is 1.02 bits per heavy atom. The van der Waals surface area contributed by atoms with Crippen molar-refractivity contribution < 1.29 is 18.0 Å². The van der Waals surface area contributed by atoms with Gasteiger partial charge < -0.3 is 4.98 Å². The summed E-state index contributed by atoms with van der Waals surface area (Å²) >= 11 is 6.48. The number of hydrogen-bond acceptors (Lipinski definition) is 4. The molecule has 0 fully saturated rings. The molecule has 204 valence electrons. The van der Waals surface area contributed by atoms with E-state index in [4.69, 9.17) is 16.7 Å². The van der Waals surface area contributed by atoms with Gasteiger partial charge in [0.15, 0.2) is 0 Å². The van der Waals surface area contributed by atoms with Gasteiger partial charge in [0, 0.05) is 42.5 Å². The number of carbonyl (C=O) groups excluding carboxylic acids is 1. The SMILES string of the molecule is CCc1cccc(CC)c1-n1nc2c(c1-c1ccc(Cl)c3[nH]ccc13)C(=O)N(c1ncc(C(F)(F)F)cn1)CC2. The Kier molecular flexibility index (Phi) is 6.37. The van der Waals surface area contributed by atoms with E-state index in [0.717, 1.165) is 46.1 Å². The van der Waals surface area contributed by atoms with Crippen LogP contribution in [0.25, 0.3) is 27.8 Å². The molecule has 11 heteroatoms. The highest BCUT2D eigenvalue weighted by molar-refractivity contribution is 6.35. The molecule has 0 saturated carbocycles. The number of nitrogens with zero attached hydrogens (tertiary/aromatic N) is 5. The predicted octanol–water partition coefficient (Wildman–Crippen LogP) is 6.81. The van der Waals surface area contributed by atoms with E-state index in [0.29, 0.717) is 40.8 Å². The van der Waals surface area contributed by atoms with Crippen LogP contribution in [0.3, 0.4) is 0 Å². The second kappa shape index (κ2) is 9.78. The molecule has 0 spiro atoms. The van der Waals surface area contributed by atoms with Crippen molar-refractivity contribution in [2.75, 3.05) is 11.4 Å². The third-order valence-corrected chi connectivity index (χ3v) is 7.62. The Bertz CT molecular complexity index is 1730.